The van der Waals surface area contributed by atoms with Crippen LogP contribution in [0.25, 0.3) is 0 Å². The molecule has 14 heavy (non-hydrogen) atoms. The molecule has 74 valence electrons. The van der Waals surface area contributed by atoms with Gasteiger partial charge in [-0.1, -0.05) is 6.07 Å². The predicted molar refractivity (Wildman–Crippen MR) is 50.4 cm³/mol. The first-order chi connectivity index (χ1) is 6.36. The van der Waals surface area contributed by atoms with Gasteiger partial charge in [-0.3, -0.25) is 4.55 Å². The number of aryl methyl sites for hydroxylation is 2. The van der Waals surface area contributed by atoms with Crippen molar-refractivity contribution in [2.24, 2.45) is 0 Å². The van der Waals surface area contributed by atoms with Crippen molar-refractivity contribution in [2.75, 3.05) is 0 Å². The van der Waals surface area contributed by atoms with Crippen molar-refractivity contribution < 1.29 is 13.0 Å². The summed E-state index contributed by atoms with van der Waals surface area (Å²) < 4.78 is 30.6. The highest BCUT2D eigenvalue weighted by molar-refractivity contribution is 7.85. The maximum absolute atomic E-state index is 10.9. The van der Waals surface area contributed by atoms with Crippen molar-refractivity contribution >= 4 is 10.1 Å². The first-order valence-corrected chi connectivity index (χ1v) is 5.29. The Bertz CT molecular complexity index is 512. The van der Waals surface area contributed by atoms with Gasteiger partial charge < -0.3 is 0 Å². The number of nitrogens with zero attached hydrogens (tertiary/aromatic N) is 1. The maximum Gasteiger partial charge on any atom is 0.294 e. The van der Waals surface area contributed by atoms with E-state index in [0.29, 0.717) is 11.1 Å². The molecule has 1 N–H and O–H groups in total. The van der Waals surface area contributed by atoms with Crippen LogP contribution in [0.3, 0.4) is 0 Å². The second kappa shape index (κ2) is 3.40. The molecule has 0 fully saturated rings. The summed E-state index contributed by atoms with van der Waals surface area (Å²) in [7, 11) is -4.23. The van der Waals surface area contributed by atoms with Crippen molar-refractivity contribution in [1.82, 2.24) is 0 Å². The summed E-state index contributed by atoms with van der Waals surface area (Å²) in [6.45, 7) is 3.27. The van der Waals surface area contributed by atoms with Crippen molar-refractivity contribution in [2.45, 2.75) is 18.7 Å². The van der Waals surface area contributed by atoms with Crippen LogP contribution in [-0.2, 0) is 10.1 Å². The molecule has 0 saturated heterocycles. The molecule has 0 saturated carbocycles. The number of hydrogen-bond acceptors (Lipinski definition) is 3. The highest BCUT2D eigenvalue weighted by Crippen LogP contribution is 2.19. The Labute approximate surface area is 82.5 Å². The lowest BCUT2D eigenvalue weighted by Gasteiger charge is -2.04. The molecule has 0 bridgehead atoms. The number of hydrogen-bond donors (Lipinski definition) is 1. The molecule has 5 heteroatoms. The van der Waals surface area contributed by atoms with E-state index in [2.05, 4.69) is 0 Å². The second-order valence-corrected chi connectivity index (χ2v) is 4.41. The minimum Gasteiger partial charge on any atom is -0.282 e. The van der Waals surface area contributed by atoms with Crippen LogP contribution in [-0.4, -0.2) is 13.0 Å². The normalized spacial score (nSPS) is 11.0. The van der Waals surface area contributed by atoms with Crippen molar-refractivity contribution in [3.05, 3.63) is 28.8 Å². The molecule has 0 aliphatic carbocycles. The van der Waals surface area contributed by atoms with Gasteiger partial charge in [0.1, 0.15) is 0 Å². The quantitative estimate of drug-likeness (QED) is 0.712. The number of nitriles is 1. The van der Waals surface area contributed by atoms with Crippen LogP contribution in [0.1, 0.15) is 16.7 Å². The van der Waals surface area contributed by atoms with Gasteiger partial charge in [-0.15, -0.1) is 0 Å². The summed E-state index contributed by atoms with van der Waals surface area (Å²) in [6, 6.07) is 4.60. The average molecular weight is 211 g/mol. The molecule has 1 rings (SSSR count). The molecule has 0 amide bonds. The van der Waals surface area contributed by atoms with E-state index < -0.39 is 10.1 Å². The van der Waals surface area contributed by atoms with E-state index in [1.807, 2.05) is 6.07 Å². The Morgan fingerprint density at radius 3 is 2.29 bits per heavy atom. The van der Waals surface area contributed by atoms with E-state index in [0.717, 1.165) is 0 Å². The highest BCUT2D eigenvalue weighted by Gasteiger charge is 2.14. The zero-order valence-electron chi connectivity index (χ0n) is 7.77. The molecule has 0 spiro atoms. The molecule has 1 aromatic carbocycles. The van der Waals surface area contributed by atoms with E-state index in [4.69, 9.17) is 9.81 Å². The first-order valence-electron chi connectivity index (χ1n) is 3.85. The molecular formula is C9H9NO3S. The largest absolute Gasteiger partial charge is 0.294 e. The summed E-state index contributed by atoms with van der Waals surface area (Å²) in [5, 5.41) is 8.67. The van der Waals surface area contributed by atoms with Gasteiger partial charge >= 0.3 is 0 Å². The molecule has 0 aliphatic rings. The second-order valence-electron chi connectivity index (χ2n) is 3.02. The van der Waals surface area contributed by atoms with Crippen molar-refractivity contribution in [3.8, 4) is 6.07 Å². The molecule has 0 aliphatic heterocycles. The highest BCUT2D eigenvalue weighted by atomic mass is 32.2. The topological polar surface area (TPSA) is 78.2 Å². The zero-order valence-corrected chi connectivity index (χ0v) is 8.59. The third-order valence-corrected chi connectivity index (χ3v) is 2.92. The SMILES string of the molecule is Cc1cc(C)c(S(=O)(=O)O)cc1C#N. The molecule has 1 aromatic rings. The summed E-state index contributed by atoms with van der Waals surface area (Å²) in [4.78, 5) is -0.209. The molecule has 0 radical (unpaired) electrons. The lowest BCUT2D eigenvalue weighted by atomic mass is 10.1. The van der Waals surface area contributed by atoms with Crippen molar-refractivity contribution in [1.29, 1.82) is 5.26 Å². The Hall–Kier alpha value is -1.38. The molecule has 0 atom stereocenters. The Balaban J connectivity index is 3.58. The van der Waals surface area contributed by atoms with Crippen molar-refractivity contribution in [3.63, 3.8) is 0 Å². The van der Waals surface area contributed by atoms with Crippen LogP contribution >= 0.6 is 0 Å². The lowest BCUT2D eigenvalue weighted by molar-refractivity contribution is 0.482. The van der Waals surface area contributed by atoms with Gasteiger partial charge in [0.05, 0.1) is 16.5 Å². The van der Waals surface area contributed by atoms with Gasteiger partial charge in [0, 0.05) is 0 Å². The van der Waals surface area contributed by atoms with Crippen LogP contribution in [0, 0.1) is 25.2 Å². The maximum atomic E-state index is 10.9. The van der Waals surface area contributed by atoms with Gasteiger partial charge in [-0.05, 0) is 31.0 Å². The average Bonchev–Trinajstić information content (AvgIpc) is 2.02. The summed E-state index contributed by atoms with van der Waals surface area (Å²) in [5.74, 6) is 0. The fraction of sp³-hybridized carbons (Fsp3) is 0.222. The van der Waals surface area contributed by atoms with E-state index in [1.54, 1.807) is 19.9 Å². The fourth-order valence-corrected chi connectivity index (χ4v) is 1.96. The zero-order chi connectivity index (χ0) is 10.9. The Morgan fingerprint density at radius 2 is 1.86 bits per heavy atom. The van der Waals surface area contributed by atoms with Gasteiger partial charge in [0.2, 0.25) is 0 Å². The van der Waals surface area contributed by atoms with Gasteiger partial charge in [0.15, 0.2) is 0 Å². The Morgan fingerprint density at radius 1 is 1.29 bits per heavy atom. The van der Waals surface area contributed by atoms with E-state index in [1.165, 1.54) is 6.07 Å². The van der Waals surface area contributed by atoms with Crippen LogP contribution in [0.2, 0.25) is 0 Å². The summed E-state index contributed by atoms with van der Waals surface area (Å²) in [5.41, 5.74) is 1.38. The number of benzene rings is 1. The van der Waals surface area contributed by atoms with Crippen LogP contribution in [0.4, 0.5) is 0 Å². The Kier molecular flexibility index (Phi) is 2.60. The third kappa shape index (κ3) is 1.92. The third-order valence-electron chi connectivity index (χ3n) is 1.92. The lowest BCUT2D eigenvalue weighted by Crippen LogP contribution is -2.02. The minimum atomic E-state index is -4.23. The fourth-order valence-electron chi connectivity index (χ4n) is 1.23. The summed E-state index contributed by atoms with van der Waals surface area (Å²) >= 11 is 0. The van der Waals surface area contributed by atoms with Gasteiger partial charge in [-0.25, -0.2) is 0 Å². The monoisotopic (exact) mass is 211 g/mol. The van der Waals surface area contributed by atoms with Crippen LogP contribution in [0.5, 0.6) is 0 Å². The minimum absolute atomic E-state index is 0.209. The molecule has 0 unspecified atom stereocenters. The van der Waals surface area contributed by atoms with Crippen LogP contribution in [0.15, 0.2) is 17.0 Å². The van der Waals surface area contributed by atoms with Crippen LogP contribution < -0.4 is 0 Å². The number of rotatable bonds is 1. The summed E-state index contributed by atoms with van der Waals surface area (Å²) in [6.07, 6.45) is 0. The predicted octanol–water partition coefficient (Wildman–Crippen LogP) is 1.42. The molecular weight excluding hydrogens is 202 g/mol. The molecule has 4 nitrogen and oxygen atoms in total. The van der Waals surface area contributed by atoms with E-state index in [-0.39, 0.29) is 10.5 Å². The standard InChI is InChI=1S/C9H9NO3S/c1-6-3-7(2)9(14(11,12)13)4-8(6)5-10/h3-4H,1-2H3,(H,11,12,13). The van der Waals surface area contributed by atoms with E-state index in [9.17, 15) is 8.42 Å². The van der Waals surface area contributed by atoms with E-state index >= 15 is 0 Å². The van der Waals surface area contributed by atoms with Gasteiger partial charge in [0.25, 0.3) is 10.1 Å². The smallest absolute Gasteiger partial charge is 0.282 e. The first kappa shape index (κ1) is 10.7. The molecule has 0 heterocycles. The molecule has 0 aromatic heterocycles. The van der Waals surface area contributed by atoms with Gasteiger partial charge in [-0.2, -0.15) is 13.7 Å².